The van der Waals surface area contributed by atoms with E-state index in [0.717, 1.165) is 30.4 Å². The van der Waals surface area contributed by atoms with Crippen LogP contribution in [0.2, 0.25) is 0 Å². The number of benzene rings is 1. The van der Waals surface area contributed by atoms with Crippen molar-refractivity contribution < 1.29 is 9.90 Å². The lowest BCUT2D eigenvalue weighted by Crippen LogP contribution is -2.43. The Morgan fingerprint density at radius 1 is 1.32 bits per heavy atom. The van der Waals surface area contributed by atoms with E-state index in [4.69, 9.17) is 0 Å². The van der Waals surface area contributed by atoms with E-state index in [0.29, 0.717) is 24.9 Å². The van der Waals surface area contributed by atoms with Crippen molar-refractivity contribution in [1.82, 2.24) is 15.6 Å². The van der Waals surface area contributed by atoms with Crippen molar-refractivity contribution in [1.29, 1.82) is 0 Å². The van der Waals surface area contributed by atoms with E-state index in [2.05, 4.69) is 15.6 Å². The van der Waals surface area contributed by atoms with Gasteiger partial charge in [0.15, 0.2) is 0 Å². The van der Waals surface area contributed by atoms with E-state index in [-0.39, 0.29) is 5.91 Å². The number of carbonyl (C=O) groups is 1. The van der Waals surface area contributed by atoms with Crippen LogP contribution in [-0.4, -0.2) is 41.2 Å². The van der Waals surface area contributed by atoms with E-state index in [1.165, 1.54) is 0 Å². The molecule has 5 heteroatoms. The summed E-state index contributed by atoms with van der Waals surface area (Å²) < 4.78 is 0. The first-order valence-corrected chi connectivity index (χ1v) is 7.72. The highest BCUT2D eigenvalue weighted by Crippen LogP contribution is 2.19. The fourth-order valence-corrected chi connectivity index (χ4v) is 2.85. The molecule has 1 atom stereocenters. The van der Waals surface area contributed by atoms with Gasteiger partial charge in [-0.2, -0.15) is 0 Å². The molecule has 3 rings (SSSR count). The Hall–Kier alpha value is -1.98. The molecule has 1 aliphatic rings. The second kappa shape index (κ2) is 6.42. The van der Waals surface area contributed by atoms with Gasteiger partial charge in [-0.3, -0.25) is 9.78 Å². The maximum Gasteiger partial charge on any atom is 0.251 e. The van der Waals surface area contributed by atoms with Crippen LogP contribution < -0.4 is 10.6 Å². The van der Waals surface area contributed by atoms with Gasteiger partial charge in [0.1, 0.15) is 0 Å². The van der Waals surface area contributed by atoms with Crippen LogP contribution in [0.25, 0.3) is 10.9 Å². The number of carbonyl (C=O) groups excluding carboxylic acids is 1. The monoisotopic (exact) mass is 299 g/mol. The zero-order chi connectivity index (χ0) is 15.4. The minimum absolute atomic E-state index is 0.156. The smallest absolute Gasteiger partial charge is 0.251 e. The Balaban J connectivity index is 1.67. The highest BCUT2D eigenvalue weighted by atomic mass is 16.3. The fourth-order valence-electron chi connectivity index (χ4n) is 2.85. The van der Waals surface area contributed by atoms with Crippen molar-refractivity contribution in [2.24, 2.45) is 0 Å². The van der Waals surface area contributed by atoms with Crippen molar-refractivity contribution in [3.05, 3.63) is 42.1 Å². The van der Waals surface area contributed by atoms with E-state index >= 15 is 0 Å². The quantitative estimate of drug-likeness (QED) is 0.802. The standard InChI is InChI=1S/C17H21N3O2/c21-16(20-12-17(22)6-2-8-18-10-7-17)14-4-5-15-13(11-14)3-1-9-19-15/h1,3-5,9,11,18,22H,2,6-8,10,12H2,(H,20,21)/t17-/m1/s1. The molecule has 0 unspecified atom stereocenters. The van der Waals surface area contributed by atoms with Crippen molar-refractivity contribution in [3.63, 3.8) is 0 Å². The molecular formula is C17H21N3O2. The summed E-state index contributed by atoms with van der Waals surface area (Å²) in [4.78, 5) is 16.5. The summed E-state index contributed by atoms with van der Waals surface area (Å²) in [5.41, 5.74) is 0.653. The fraction of sp³-hybridized carbons (Fsp3) is 0.412. The molecule has 0 spiro atoms. The Morgan fingerprint density at radius 3 is 3.14 bits per heavy atom. The summed E-state index contributed by atoms with van der Waals surface area (Å²) in [6.07, 6.45) is 4.03. The van der Waals surface area contributed by atoms with Gasteiger partial charge in [0, 0.05) is 23.7 Å². The summed E-state index contributed by atoms with van der Waals surface area (Å²) in [6, 6.07) is 9.23. The van der Waals surface area contributed by atoms with Gasteiger partial charge in [0.2, 0.25) is 0 Å². The van der Waals surface area contributed by atoms with Crippen molar-refractivity contribution in [2.45, 2.75) is 24.9 Å². The molecule has 0 aliphatic carbocycles. The van der Waals surface area contributed by atoms with Crippen LogP contribution in [0.3, 0.4) is 0 Å². The molecule has 1 saturated heterocycles. The number of nitrogens with zero attached hydrogens (tertiary/aromatic N) is 1. The second-order valence-electron chi connectivity index (χ2n) is 5.92. The number of hydrogen-bond acceptors (Lipinski definition) is 4. The van der Waals surface area contributed by atoms with E-state index in [1.807, 2.05) is 24.3 Å². The molecule has 1 fully saturated rings. The van der Waals surface area contributed by atoms with Crippen LogP contribution in [-0.2, 0) is 0 Å². The molecule has 116 valence electrons. The molecule has 1 aliphatic heterocycles. The lowest BCUT2D eigenvalue weighted by atomic mass is 9.95. The minimum atomic E-state index is -0.808. The molecule has 2 heterocycles. The first kappa shape index (κ1) is 14.9. The topological polar surface area (TPSA) is 74.2 Å². The Bertz CT molecular complexity index is 664. The lowest BCUT2D eigenvalue weighted by molar-refractivity contribution is 0.0276. The third-order valence-corrected chi connectivity index (χ3v) is 4.21. The molecule has 1 aromatic heterocycles. The zero-order valence-corrected chi connectivity index (χ0v) is 12.5. The summed E-state index contributed by atoms with van der Waals surface area (Å²) in [6.45, 7) is 2.00. The second-order valence-corrected chi connectivity index (χ2v) is 5.92. The van der Waals surface area contributed by atoms with Crippen molar-refractivity contribution >= 4 is 16.8 Å². The highest BCUT2D eigenvalue weighted by molar-refractivity contribution is 5.97. The molecule has 1 amide bonds. The van der Waals surface area contributed by atoms with Crippen LogP contribution >= 0.6 is 0 Å². The van der Waals surface area contributed by atoms with Crippen LogP contribution in [0, 0.1) is 0 Å². The minimum Gasteiger partial charge on any atom is -0.388 e. The van der Waals surface area contributed by atoms with Gasteiger partial charge in [-0.15, -0.1) is 0 Å². The molecule has 3 N–H and O–H groups in total. The largest absolute Gasteiger partial charge is 0.388 e. The van der Waals surface area contributed by atoms with Gasteiger partial charge in [-0.05, 0) is 56.6 Å². The number of aliphatic hydroxyl groups is 1. The number of rotatable bonds is 3. The number of hydrogen-bond donors (Lipinski definition) is 3. The van der Waals surface area contributed by atoms with Gasteiger partial charge < -0.3 is 15.7 Å². The van der Waals surface area contributed by atoms with Crippen molar-refractivity contribution in [2.75, 3.05) is 19.6 Å². The van der Waals surface area contributed by atoms with Gasteiger partial charge in [0.05, 0.1) is 11.1 Å². The molecular weight excluding hydrogens is 278 g/mol. The van der Waals surface area contributed by atoms with Gasteiger partial charge in [-0.1, -0.05) is 6.07 Å². The SMILES string of the molecule is O=C(NC[C@@]1(O)CCCNCC1)c1ccc2ncccc2c1. The predicted molar refractivity (Wildman–Crippen MR) is 85.7 cm³/mol. The van der Waals surface area contributed by atoms with E-state index in [9.17, 15) is 9.90 Å². The highest BCUT2D eigenvalue weighted by Gasteiger charge is 2.28. The Morgan fingerprint density at radius 2 is 2.23 bits per heavy atom. The summed E-state index contributed by atoms with van der Waals surface area (Å²) in [5, 5.41) is 17.6. The van der Waals surface area contributed by atoms with Crippen LogP contribution in [0.15, 0.2) is 36.5 Å². The number of pyridine rings is 1. The maximum atomic E-state index is 12.3. The lowest BCUT2D eigenvalue weighted by Gasteiger charge is -2.26. The molecule has 0 radical (unpaired) electrons. The van der Waals surface area contributed by atoms with Crippen LogP contribution in [0.4, 0.5) is 0 Å². The Labute approximate surface area is 129 Å². The maximum absolute atomic E-state index is 12.3. The predicted octanol–water partition coefficient (Wildman–Crippen LogP) is 1.47. The third-order valence-electron chi connectivity index (χ3n) is 4.21. The number of aromatic nitrogens is 1. The average molecular weight is 299 g/mol. The van der Waals surface area contributed by atoms with Gasteiger partial charge in [-0.25, -0.2) is 0 Å². The van der Waals surface area contributed by atoms with E-state index < -0.39 is 5.60 Å². The molecule has 22 heavy (non-hydrogen) atoms. The first-order valence-electron chi connectivity index (χ1n) is 7.72. The number of fused-ring (bicyclic) bond motifs is 1. The van der Waals surface area contributed by atoms with Crippen LogP contribution in [0.5, 0.6) is 0 Å². The number of amides is 1. The van der Waals surface area contributed by atoms with Gasteiger partial charge in [0.25, 0.3) is 5.91 Å². The summed E-state index contributed by atoms with van der Waals surface area (Å²) >= 11 is 0. The molecule has 0 bridgehead atoms. The average Bonchev–Trinajstić information content (AvgIpc) is 2.77. The third kappa shape index (κ3) is 3.43. The molecule has 1 aromatic carbocycles. The first-order chi connectivity index (χ1) is 10.7. The van der Waals surface area contributed by atoms with Crippen molar-refractivity contribution in [3.8, 4) is 0 Å². The summed E-state index contributed by atoms with van der Waals surface area (Å²) in [5.74, 6) is -0.156. The molecule has 2 aromatic rings. The normalized spacial score (nSPS) is 22.2. The Kier molecular flexibility index (Phi) is 4.36. The number of nitrogens with one attached hydrogen (secondary N) is 2. The molecule has 5 nitrogen and oxygen atoms in total. The van der Waals surface area contributed by atoms with Crippen LogP contribution in [0.1, 0.15) is 29.6 Å². The van der Waals surface area contributed by atoms with E-state index in [1.54, 1.807) is 12.3 Å². The zero-order valence-electron chi connectivity index (χ0n) is 12.5. The van der Waals surface area contributed by atoms with Gasteiger partial charge >= 0.3 is 0 Å². The summed E-state index contributed by atoms with van der Waals surface area (Å²) in [7, 11) is 0. The molecule has 0 saturated carbocycles.